The first-order chi connectivity index (χ1) is 10.1. The summed E-state index contributed by atoms with van der Waals surface area (Å²) in [5.74, 6) is 1.91. The maximum Gasteiger partial charge on any atom is 0.123 e. The van der Waals surface area contributed by atoms with Crippen LogP contribution in [0.4, 0.5) is 0 Å². The van der Waals surface area contributed by atoms with Crippen LogP contribution in [0.2, 0.25) is 0 Å². The Labute approximate surface area is 128 Å². The molecule has 2 fully saturated rings. The molecule has 3 heteroatoms. The van der Waals surface area contributed by atoms with Crippen molar-refractivity contribution in [2.45, 2.75) is 51.2 Å². The van der Waals surface area contributed by atoms with Gasteiger partial charge in [0.25, 0.3) is 0 Å². The number of hydrogen-bond donors (Lipinski definition) is 1. The van der Waals surface area contributed by atoms with Crippen molar-refractivity contribution in [3.63, 3.8) is 0 Å². The van der Waals surface area contributed by atoms with Gasteiger partial charge < -0.3 is 10.1 Å². The lowest BCUT2D eigenvalue weighted by molar-refractivity contribution is 0.0656. The second-order valence-electron chi connectivity index (χ2n) is 6.92. The van der Waals surface area contributed by atoms with Crippen molar-refractivity contribution < 1.29 is 4.74 Å². The molecular weight excluding hydrogens is 260 g/mol. The minimum atomic E-state index is 0.243. The average molecular weight is 288 g/mol. The number of ether oxygens (including phenoxy) is 1. The molecule has 2 aliphatic rings. The molecule has 1 aromatic rings. The fraction of sp³-hybridized carbons (Fsp3) is 0.667. The summed E-state index contributed by atoms with van der Waals surface area (Å²) in [4.78, 5) is 2.69. The lowest BCUT2D eigenvalue weighted by atomic mass is 9.91. The number of methoxy groups -OCH3 is 1. The van der Waals surface area contributed by atoms with Gasteiger partial charge in [-0.1, -0.05) is 25.1 Å². The van der Waals surface area contributed by atoms with Crippen LogP contribution in [0.1, 0.15) is 38.7 Å². The Kier molecular flexibility index (Phi) is 4.23. The molecule has 3 nitrogen and oxygen atoms in total. The molecule has 0 radical (unpaired) electrons. The predicted octanol–water partition coefficient (Wildman–Crippen LogP) is 3.05. The molecule has 3 rings (SSSR count). The van der Waals surface area contributed by atoms with Crippen LogP contribution in [0, 0.1) is 5.92 Å². The molecular formula is C18H28N2O. The molecule has 0 amide bonds. The van der Waals surface area contributed by atoms with E-state index in [1.165, 1.54) is 24.8 Å². The molecule has 1 saturated heterocycles. The van der Waals surface area contributed by atoms with Crippen LogP contribution in [0.15, 0.2) is 24.3 Å². The van der Waals surface area contributed by atoms with Gasteiger partial charge in [-0.2, -0.15) is 0 Å². The zero-order valence-electron chi connectivity index (χ0n) is 13.6. The molecule has 1 aromatic carbocycles. The largest absolute Gasteiger partial charge is 0.496 e. The smallest absolute Gasteiger partial charge is 0.123 e. The van der Waals surface area contributed by atoms with Crippen LogP contribution in [-0.4, -0.2) is 36.7 Å². The van der Waals surface area contributed by atoms with E-state index in [1.807, 2.05) is 0 Å². The highest BCUT2D eigenvalue weighted by molar-refractivity contribution is 5.33. The van der Waals surface area contributed by atoms with Crippen LogP contribution in [-0.2, 0) is 6.54 Å². The molecule has 2 atom stereocenters. The normalized spacial score (nSPS) is 30.3. The van der Waals surface area contributed by atoms with E-state index in [9.17, 15) is 0 Å². The van der Waals surface area contributed by atoms with Crippen LogP contribution < -0.4 is 10.1 Å². The third-order valence-electron chi connectivity index (χ3n) is 5.27. The van der Waals surface area contributed by atoms with Crippen molar-refractivity contribution in [3.8, 4) is 5.75 Å². The lowest BCUT2D eigenvalue weighted by Crippen LogP contribution is -2.62. The molecule has 0 aromatic heterocycles. The van der Waals surface area contributed by atoms with E-state index in [0.717, 1.165) is 31.3 Å². The molecule has 116 valence electrons. The Hall–Kier alpha value is -1.06. The second kappa shape index (κ2) is 5.98. The Morgan fingerprint density at radius 1 is 1.33 bits per heavy atom. The van der Waals surface area contributed by atoms with Gasteiger partial charge in [0, 0.05) is 36.8 Å². The molecule has 21 heavy (non-hydrogen) atoms. The fourth-order valence-corrected chi connectivity index (χ4v) is 3.51. The molecule has 1 saturated carbocycles. The maximum atomic E-state index is 5.53. The van der Waals surface area contributed by atoms with Crippen LogP contribution in [0.25, 0.3) is 0 Å². The van der Waals surface area contributed by atoms with E-state index in [2.05, 4.69) is 48.3 Å². The first-order valence-corrected chi connectivity index (χ1v) is 8.26. The third-order valence-corrected chi connectivity index (χ3v) is 5.27. The van der Waals surface area contributed by atoms with Crippen molar-refractivity contribution in [1.82, 2.24) is 10.2 Å². The zero-order chi connectivity index (χ0) is 14.9. The van der Waals surface area contributed by atoms with Gasteiger partial charge in [0.1, 0.15) is 5.75 Å². The van der Waals surface area contributed by atoms with Gasteiger partial charge >= 0.3 is 0 Å². The lowest BCUT2D eigenvalue weighted by Gasteiger charge is -2.46. The summed E-state index contributed by atoms with van der Waals surface area (Å²) in [6.07, 6.45) is 3.97. The summed E-state index contributed by atoms with van der Waals surface area (Å²) < 4.78 is 5.53. The molecule has 0 bridgehead atoms. The van der Waals surface area contributed by atoms with Gasteiger partial charge in [-0.3, -0.25) is 4.90 Å². The summed E-state index contributed by atoms with van der Waals surface area (Å²) in [5.41, 5.74) is 1.55. The van der Waals surface area contributed by atoms with E-state index >= 15 is 0 Å². The van der Waals surface area contributed by atoms with E-state index < -0.39 is 0 Å². The Bertz CT molecular complexity index is 486. The quantitative estimate of drug-likeness (QED) is 0.901. The van der Waals surface area contributed by atoms with Crippen LogP contribution in [0.3, 0.4) is 0 Å². The average Bonchev–Trinajstić information content (AvgIpc) is 3.33. The number of piperazine rings is 1. The standard InChI is InChI=1S/C18H28N2O/c1-4-18(2)13-20(16(11-19-18)14-9-10-14)12-15-7-5-6-8-17(15)21-3/h5-8,14,16,19H,4,9-13H2,1-3H3. The summed E-state index contributed by atoms with van der Waals surface area (Å²) in [7, 11) is 1.77. The maximum absolute atomic E-state index is 5.53. The molecule has 1 aliphatic heterocycles. The first-order valence-electron chi connectivity index (χ1n) is 8.26. The molecule has 1 heterocycles. The van der Waals surface area contributed by atoms with Gasteiger partial charge in [-0.15, -0.1) is 0 Å². The van der Waals surface area contributed by atoms with Gasteiger partial charge in [0.2, 0.25) is 0 Å². The topological polar surface area (TPSA) is 24.5 Å². The summed E-state index contributed by atoms with van der Waals surface area (Å²) >= 11 is 0. The van der Waals surface area contributed by atoms with Crippen molar-refractivity contribution in [2.24, 2.45) is 5.92 Å². The zero-order valence-corrected chi connectivity index (χ0v) is 13.6. The van der Waals surface area contributed by atoms with E-state index in [-0.39, 0.29) is 5.54 Å². The number of rotatable bonds is 5. The highest BCUT2D eigenvalue weighted by Gasteiger charge is 2.41. The molecule has 1 aliphatic carbocycles. The minimum absolute atomic E-state index is 0.243. The molecule has 1 N–H and O–H groups in total. The van der Waals surface area contributed by atoms with E-state index in [4.69, 9.17) is 4.74 Å². The number of nitrogens with one attached hydrogen (secondary N) is 1. The van der Waals surface area contributed by atoms with E-state index in [1.54, 1.807) is 7.11 Å². The van der Waals surface area contributed by atoms with Crippen molar-refractivity contribution in [2.75, 3.05) is 20.2 Å². The summed E-state index contributed by atoms with van der Waals surface area (Å²) in [6.45, 7) is 7.90. The number of nitrogens with zero attached hydrogens (tertiary/aromatic N) is 1. The first kappa shape index (κ1) is 14.9. The predicted molar refractivity (Wildman–Crippen MR) is 86.6 cm³/mol. The SMILES string of the molecule is CCC1(C)CN(Cc2ccccc2OC)C(C2CC2)CN1. The van der Waals surface area contributed by atoms with Gasteiger partial charge in [0.15, 0.2) is 0 Å². The highest BCUT2D eigenvalue weighted by atomic mass is 16.5. The Morgan fingerprint density at radius 2 is 2.10 bits per heavy atom. The van der Waals surface area contributed by atoms with Crippen molar-refractivity contribution >= 4 is 0 Å². The van der Waals surface area contributed by atoms with Gasteiger partial charge in [-0.05, 0) is 38.2 Å². The van der Waals surface area contributed by atoms with Crippen LogP contribution in [0.5, 0.6) is 5.75 Å². The fourth-order valence-electron chi connectivity index (χ4n) is 3.51. The van der Waals surface area contributed by atoms with Gasteiger partial charge in [-0.25, -0.2) is 0 Å². The minimum Gasteiger partial charge on any atom is -0.496 e. The van der Waals surface area contributed by atoms with Crippen LogP contribution >= 0.6 is 0 Å². The van der Waals surface area contributed by atoms with Gasteiger partial charge in [0.05, 0.1) is 7.11 Å². The Morgan fingerprint density at radius 3 is 2.76 bits per heavy atom. The van der Waals surface area contributed by atoms with Crippen molar-refractivity contribution in [3.05, 3.63) is 29.8 Å². The Balaban J connectivity index is 1.78. The molecule has 0 spiro atoms. The number of hydrogen-bond acceptors (Lipinski definition) is 3. The highest BCUT2D eigenvalue weighted by Crippen LogP contribution is 2.38. The summed E-state index contributed by atoms with van der Waals surface area (Å²) in [6, 6.07) is 9.13. The van der Waals surface area contributed by atoms with Crippen molar-refractivity contribution in [1.29, 1.82) is 0 Å². The van der Waals surface area contributed by atoms with E-state index in [0.29, 0.717) is 6.04 Å². The monoisotopic (exact) mass is 288 g/mol. The second-order valence-corrected chi connectivity index (χ2v) is 6.92. The number of para-hydroxylation sites is 1. The molecule has 2 unspecified atom stereocenters. The number of benzene rings is 1. The summed E-state index contributed by atoms with van der Waals surface area (Å²) in [5, 5.41) is 3.79. The third kappa shape index (κ3) is 3.24.